The van der Waals surface area contributed by atoms with Gasteiger partial charge in [0.1, 0.15) is 0 Å². The summed E-state index contributed by atoms with van der Waals surface area (Å²) in [4.78, 5) is 11.6. The number of rotatable bonds is 4. The molecule has 1 amide bonds. The van der Waals surface area contributed by atoms with Crippen molar-refractivity contribution >= 4 is 5.91 Å². The average Bonchev–Trinajstić information content (AvgIpc) is 2.29. The highest BCUT2D eigenvalue weighted by Gasteiger charge is 2.08. The Labute approximate surface area is 103 Å². The number of aryl methyl sites for hydroxylation is 1. The second kappa shape index (κ2) is 6.69. The number of carbonyl (C=O) groups excluding carboxylic acids is 1. The Morgan fingerprint density at radius 3 is 2.65 bits per heavy atom. The van der Waals surface area contributed by atoms with Crippen LogP contribution in [0.15, 0.2) is 48.6 Å². The van der Waals surface area contributed by atoms with Gasteiger partial charge < -0.3 is 5.32 Å². The van der Waals surface area contributed by atoms with Gasteiger partial charge in [-0.1, -0.05) is 42.5 Å². The number of hydrogen-bond donors (Lipinski definition) is 1. The summed E-state index contributed by atoms with van der Waals surface area (Å²) in [5.41, 5.74) is 2.35. The molecule has 17 heavy (non-hydrogen) atoms. The first-order chi connectivity index (χ1) is 8.15. The van der Waals surface area contributed by atoms with E-state index in [-0.39, 0.29) is 11.9 Å². The van der Waals surface area contributed by atoms with Crippen molar-refractivity contribution in [2.24, 2.45) is 0 Å². The standard InChI is InChI=1S/C15H19NO/c1-4-5-6-11-15(17)16-13(3)14-10-8-7-9-12(14)2/h4-11,13H,1-3H3,(H,16,17)/b5-4+,11-6+. The molecule has 1 rings (SSSR count). The number of nitrogens with one attached hydrogen (secondary N) is 1. The fourth-order valence-electron chi connectivity index (χ4n) is 1.67. The molecule has 1 N–H and O–H groups in total. The van der Waals surface area contributed by atoms with Crippen LogP contribution in [-0.4, -0.2) is 5.91 Å². The van der Waals surface area contributed by atoms with Crippen molar-refractivity contribution in [3.05, 3.63) is 59.7 Å². The maximum atomic E-state index is 11.6. The number of benzene rings is 1. The van der Waals surface area contributed by atoms with E-state index < -0.39 is 0 Å². The number of amides is 1. The third-order valence-electron chi connectivity index (χ3n) is 2.56. The SMILES string of the molecule is C/C=C/C=C/C(=O)NC(C)c1ccccc1C. The first-order valence-corrected chi connectivity index (χ1v) is 5.80. The van der Waals surface area contributed by atoms with Gasteiger partial charge in [-0.05, 0) is 31.9 Å². The van der Waals surface area contributed by atoms with Crippen molar-refractivity contribution in [2.75, 3.05) is 0 Å². The van der Waals surface area contributed by atoms with E-state index in [0.29, 0.717) is 0 Å². The summed E-state index contributed by atoms with van der Waals surface area (Å²) >= 11 is 0. The Morgan fingerprint density at radius 1 is 1.29 bits per heavy atom. The number of allylic oxidation sites excluding steroid dienone is 3. The minimum atomic E-state index is -0.0705. The molecule has 0 saturated heterocycles. The lowest BCUT2D eigenvalue weighted by molar-refractivity contribution is -0.117. The summed E-state index contributed by atoms with van der Waals surface area (Å²) in [5.74, 6) is -0.0705. The zero-order valence-corrected chi connectivity index (χ0v) is 10.6. The van der Waals surface area contributed by atoms with Crippen LogP contribution in [0, 0.1) is 6.92 Å². The number of hydrogen-bond acceptors (Lipinski definition) is 1. The van der Waals surface area contributed by atoms with Gasteiger partial charge in [-0.3, -0.25) is 4.79 Å². The summed E-state index contributed by atoms with van der Waals surface area (Å²) in [6.07, 6.45) is 6.99. The summed E-state index contributed by atoms with van der Waals surface area (Å²) in [6, 6.07) is 8.10. The average molecular weight is 229 g/mol. The molecule has 1 atom stereocenters. The van der Waals surface area contributed by atoms with E-state index in [9.17, 15) is 4.79 Å². The van der Waals surface area contributed by atoms with Gasteiger partial charge >= 0.3 is 0 Å². The topological polar surface area (TPSA) is 29.1 Å². The predicted octanol–water partition coefficient (Wildman–Crippen LogP) is 3.30. The van der Waals surface area contributed by atoms with E-state index in [1.165, 1.54) is 11.6 Å². The number of carbonyl (C=O) groups is 1. The first-order valence-electron chi connectivity index (χ1n) is 5.80. The summed E-state index contributed by atoms with van der Waals surface area (Å²) in [6.45, 7) is 5.95. The monoisotopic (exact) mass is 229 g/mol. The second-order valence-electron chi connectivity index (χ2n) is 3.97. The third kappa shape index (κ3) is 4.27. The molecule has 0 spiro atoms. The highest BCUT2D eigenvalue weighted by Crippen LogP contribution is 2.16. The van der Waals surface area contributed by atoms with Crippen LogP contribution in [-0.2, 0) is 4.79 Å². The molecule has 0 radical (unpaired) electrons. The molecule has 2 heteroatoms. The van der Waals surface area contributed by atoms with Gasteiger partial charge in [-0.25, -0.2) is 0 Å². The van der Waals surface area contributed by atoms with E-state index in [2.05, 4.69) is 5.32 Å². The van der Waals surface area contributed by atoms with Crippen LogP contribution >= 0.6 is 0 Å². The van der Waals surface area contributed by atoms with Crippen molar-refractivity contribution in [1.29, 1.82) is 0 Å². The van der Waals surface area contributed by atoms with Gasteiger partial charge in [0.15, 0.2) is 0 Å². The Hall–Kier alpha value is -1.83. The van der Waals surface area contributed by atoms with E-state index in [1.54, 1.807) is 6.08 Å². The van der Waals surface area contributed by atoms with Gasteiger partial charge in [0.05, 0.1) is 6.04 Å². The molecule has 0 fully saturated rings. The fraction of sp³-hybridized carbons (Fsp3) is 0.267. The largest absolute Gasteiger partial charge is 0.346 e. The smallest absolute Gasteiger partial charge is 0.244 e. The van der Waals surface area contributed by atoms with Crippen LogP contribution in [0.5, 0.6) is 0 Å². The molecule has 1 aromatic rings. The van der Waals surface area contributed by atoms with Crippen molar-refractivity contribution in [1.82, 2.24) is 5.32 Å². The van der Waals surface area contributed by atoms with E-state index in [4.69, 9.17) is 0 Å². The minimum absolute atomic E-state index is 0.0268. The minimum Gasteiger partial charge on any atom is -0.346 e. The normalized spacial score (nSPS) is 13.1. The predicted molar refractivity (Wildman–Crippen MR) is 71.7 cm³/mol. The molecule has 1 aromatic carbocycles. The zero-order chi connectivity index (χ0) is 12.7. The van der Waals surface area contributed by atoms with Crippen LogP contribution in [0.25, 0.3) is 0 Å². The Kier molecular flexibility index (Phi) is 5.21. The molecule has 0 aliphatic carbocycles. The van der Waals surface area contributed by atoms with Gasteiger partial charge in [-0.2, -0.15) is 0 Å². The van der Waals surface area contributed by atoms with E-state index >= 15 is 0 Å². The van der Waals surface area contributed by atoms with Gasteiger partial charge in [0.2, 0.25) is 5.91 Å². The van der Waals surface area contributed by atoms with Gasteiger partial charge in [0.25, 0.3) is 0 Å². The Morgan fingerprint density at radius 2 is 2.00 bits per heavy atom. The van der Waals surface area contributed by atoms with Crippen molar-refractivity contribution in [2.45, 2.75) is 26.8 Å². The Balaban J connectivity index is 2.64. The molecule has 0 aliphatic heterocycles. The second-order valence-corrected chi connectivity index (χ2v) is 3.97. The molecule has 90 valence electrons. The van der Waals surface area contributed by atoms with Crippen LogP contribution in [0.4, 0.5) is 0 Å². The van der Waals surface area contributed by atoms with Crippen LogP contribution in [0.2, 0.25) is 0 Å². The van der Waals surface area contributed by atoms with E-state index in [1.807, 2.05) is 57.2 Å². The third-order valence-corrected chi connectivity index (χ3v) is 2.56. The van der Waals surface area contributed by atoms with Crippen molar-refractivity contribution in [3.8, 4) is 0 Å². The van der Waals surface area contributed by atoms with Crippen LogP contribution < -0.4 is 5.32 Å². The van der Waals surface area contributed by atoms with Gasteiger partial charge in [0, 0.05) is 6.08 Å². The molecular weight excluding hydrogens is 210 g/mol. The summed E-state index contributed by atoms with van der Waals surface area (Å²) in [5, 5.41) is 2.94. The lowest BCUT2D eigenvalue weighted by atomic mass is 10.0. The molecule has 2 nitrogen and oxygen atoms in total. The zero-order valence-electron chi connectivity index (χ0n) is 10.6. The molecule has 1 unspecified atom stereocenters. The molecule has 0 bridgehead atoms. The highest BCUT2D eigenvalue weighted by atomic mass is 16.1. The van der Waals surface area contributed by atoms with Crippen LogP contribution in [0.1, 0.15) is 31.0 Å². The summed E-state index contributed by atoms with van der Waals surface area (Å²) in [7, 11) is 0. The maximum Gasteiger partial charge on any atom is 0.244 e. The fourth-order valence-corrected chi connectivity index (χ4v) is 1.67. The molecule has 0 aliphatic rings. The van der Waals surface area contributed by atoms with Crippen LogP contribution in [0.3, 0.4) is 0 Å². The molecule has 0 saturated carbocycles. The quantitative estimate of drug-likeness (QED) is 0.623. The van der Waals surface area contributed by atoms with Gasteiger partial charge in [-0.15, -0.1) is 0 Å². The maximum absolute atomic E-state index is 11.6. The summed E-state index contributed by atoms with van der Waals surface area (Å²) < 4.78 is 0. The molecular formula is C15H19NO. The highest BCUT2D eigenvalue weighted by molar-refractivity contribution is 5.88. The molecule has 0 aromatic heterocycles. The lowest BCUT2D eigenvalue weighted by Gasteiger charge is -2.15. The van der Waals surface area contributed by atoms with Crippen molar-refractivity contribution < 1.29 is 4.79 Å². The molecule has 0 heterocycles. The lowest BCUT2D eigenvalue weighted by Crippen LogP contribution is -2.25. The Bertz CT molecular complexity index is 432. The van der Waals surface area contributed by atoms with Crippen molar-refractivity contribution in [3.63, 3.8) is 0 Å². The first kappa shape index (κ1) is 13.2. The van der Waals surface area contributed by atoms with E-state index in [0.717, 1.165) is 5.56 Å².